The number of hydrogen-bond acceptors (Lipinski definition) is 5. The summed E-state index contributed by atoms with van der Waals surface area (Å²) in [5, 5.41) is 3.62. The fourth-order valence-corrected chi connectivity index (χ4v) is 3.33. The van der Waals surface area contributed by atoms with E-state index in [2.05, 4.69) is 51.9 Å². The lowest BCUT2D eigenvalue weighted by Gasteiger charge is -2.35. The number of rotatable bonds is 3. The van der Waals surface area contributed by atoms with Crippen LogP contribution in [0.5, 0.6) is 0 Å². The van der Waals surface area contributed by atoms with Crippen LogP contribution in [0.2, 0.25) is 0 Å². The van der Waals surface area contributed by atoms with Gasteiger partial charge in [0.2, 0.25) is 0 Å². The Morgan fingerprint density at radius 3 is 2.52 bits per heavy atom. The highest BCUT2D eigenvalue weighted by molar-refractivity contribution is 14.1. The molecule has 0 aromatic carbocycles. The van der Waals surface area contributed by atoms with Gasteiger partial charge in [-0.05, 0) is 54.5 Å². The maximum Gasteiger partial charge on any atom is 0.132 e. The predicted molar refractivity (Wildman–Crippen MR) is 92.1 cm³/mol. The molecule has 1 aromatic rings. The number of aromatic nitrogens is 1. The van der Waals surface area contributed by atoms with Crippen molar-refractivity contribution >= 4 is 34.2 Å². The highest BCUT2D eigenvalue weighted by Crippen LogP contribution is 2.27. The third kappa shape index (κ3) is 3.98. The number of ether oxygens (including phenoxy) is 2. The topological polar surface area (TPSA) is 46.6 Å². The molecule has 3 rings (SSSR count). The first-order valence-electron chi connectivity index (χ1n) is 7.51. The average Bonchev–Trinajstić information content (AvgIpc) is 2.48. The first-order chi connectivity index (χ1) is 10.1. The molecule has 0 spiro atoms. The zero-order valence-electron chi connectivity index (χ0n) is 12.4. The summed E-state index contributed by atoms with van der Waals surface area (Å²) in [6, 6.07) is 4.26. The Bertz CT molecular complexity index is 486. The number of morpholine rings is 1. The molecule has 116 valence electrons. The van der Waals surface area contributed by atoms with Gasteiger partial charge in [-0.3, -0.25) is 0 Å². The normalized spacial score (nSPS) is 22.1. The number of nitrogens with zero attached hydrogens (tertiary/aromatic N) is 2. The van der Waals surface area contributed by atoms with E-state index >= 15 is 0 Å². The Hall–Kier alpha value is -0.600. The van der Waals surface area contributed by atoms with Crippen molar-refractivity contribution in [3.05, 3.63) is 15.7 Å². The van der Waals surface area contributed by atoms with Crippen molar-refractivity contribution in [2.24, 2.45) is 0 Å². The summed E-state index contributed by atoms with van der Waals surface area (Å²) in [6.45, 7) is 7.30. The Labute approximate surface area is 139 Å². The molecule has 1 N–H and O–H groups in total. The van der Waals surface area contributed by atoms with Gasteiger partial charge in [0.15, 0.2) is 0 Å². The van der Waals surface area contributed by atoms with Gasteiger partial charge >= 0.3 is 0 Å². The molecule has 0 saturated carbocycles. The first-order valence-corrected chi connectivity index (χ1v) is 8.59. The van der Waals surface area contributed by atoms with Crippen LogP contribution in [0.1, 0.15) is 19.8 Å². The highest BCUT2D eigenvalue weighted by Gasteiger charge is 2.27. The monoisotopic (exact) mass is 403 g/mol. The minimum Gasteiger partial charge on any atom is -0.381 e. The van der Waals surface area contributed by atoms with Crippen molar-refractivity contribution in [1.29, 1.82) is 0 Å². The van der Waals surface area contributed by atoms with Crippen molar-refractivity contribution < 1.29 is 9.47 Å². The van der Waals surface area contributed by atoms with Gasteiger partial charge < -0.3 is 19.7 Å². The molecular formula is C15H22IN3O2. The van der Waals surface area contributed by atoms with Crippen LogP contribution < -0.4 is 10.2 Å². The van der Waals surface area contributed by atoms with Gasteiger partial charge in [0.1, 0.15) is 11.6 Å². The Kier molecular flexibility index (Phi) is 4.85. The van der Waals surface area contributed by atoms with E-state index in [1.807, 2.05) is 0 Å². The lowest BCUT2D eigenvalue weighted by Crippen LogP contribution is -2.41. The summed E-state index contributed by atoms with van der Waals surface area (Å²) in [5.41, 5.74) is 0.0813. The van der Waals surface area contributed by atoms with E-state index in [0.29, 0.717) is 0 Å². The van der Waals surface area contributed by atoms with Crippen molar-refractivity contribution in [3.8, 4) is 0 Å². The second kappa shape index (κ2) is 6.66. The lowest BCUT2D eigenvalue weighted by atomic mass is 9.92. The highest BCUT2D eigenvalue weighted by atomic mass is 127. The van der Waals surface area contributed by atoms with Crippen LogP contribution in [-0.4, -0.2) is 50.0 Å². The largest absolute Gasteiger partial charge is 0.381 e. The summed E-state index contributed by atoms with van der Waals surface area (Å²) in [6.07, 6.45) is 2.04. The Morgan fingerprint density at radius 1 is 1.14 bits per heavy atom. The SMILES string of the molecule is CC1(Nc2cc(I)cc(N3CCOCC3)n2)CCOCC1. The Balaban J connectivity index is 1.77. The van der Waals surface area contributed by atoms with Gasteiger partial charge in [-0.15, -0.1) is 0 Å². The van der Waals surface area contributed by atoms with Crippen LogP contribution in [-0.2, 0) is 9.47 Å². The van der Waals surface area contributed by atoms with E-state index in [1.54, 1.807) is 0 Å². The van der Waals surface area contributed by atoms with Gasteiger partial charge in [-0.25, -0.2) is 4.98 Å². The predicted octanol–water partition coefficient (Wildman–Crippen LogP) is 2.50. The molecule has 2 saturated heterocycles. The standard InChI is InChI=1S/C15H22IN3O2/c1-15(2-6-20-7-3-15)18-13-10-12(16)11-14(17-13)19-4-8-21-9-5-19/h10-11H,2-9H2,1H3,(H,17,18). The van der Waals surface area contributed by atoms with Crippen molar-refractivity contribution in [2.45, 2.75) is 25.3 Å². The molecule has 0 unspecified atom stereocenters. The van der Waals surface area contributed by atoms with E-state index in [4.69, 9.17) is 14.5 Å². The van der Waals surface area contributed by atoms with Crippen LogP contribution >= 0.6 is 22.6 Å². The molecule has 0 radical (unpaired) electrons. The fraction of sp³-hybridized carbons (Fsp3) is 0.667. The Morgan fingerprint density at radius 2 is 1.81 bits per heavy atom. The molecule has 3 heterocycles. The van der Waals surface area contributed by atoms with Crippen molar-refractivity contribution in [1.82, 2.24) is 4.98 Å². The van der Waals surface area contributed by atoms with E-state index < -0.39 is 0 Å². The molecule has 21 heavy (non-hydrogen) atoms. The quantitative estimate of drug-likeness (QED) is 0.787. The van der Waals surface area contributed by atoms with Crippen molar-refractivity contribution in [2.75, 3.05) is 49.7 Å². The van der Waals surface area contributed by atoms with E-state index in [1.165, 1.54) is 3.57 Å². The minimum atomic E-state index is 0.0813. The van der Waals surface area contributed by atoms with E-state index in [-0.39, 0.29) is 5.54 Å². The molecule has 0 amide bonds. The van der Waals surface area contributed by atoms with Gasteiger partial charge in [0, 0.05) is 35.4 Å². The molecule has 0 atom stereocenters. The van der Waals surface area contributed by atoms with Crippen LogP contribution in [0.15, 0.2) is 12.1 Å². The van der Waals surface area contributed by atoms with Gasteiger partial charge in [0.25, 0.3) is 0 Å². The maximum atomic E-state index is 5.46. The van der Waals surface area contributed by atoms with Gasteiger partial charge in [-0.1, -0.05) is 0 Å². The zero-order valence-corrected chi connectivity index (χ0v) is 14.6. The average molecular weight is 403 g/mol. The number of halogens is 1. The maximum absolute atomic E-state index is 5.46. The molecule has 0 bridgehead atoms. The second-order valence-corrected chi connectivity index (χ2v) is 7.17. The molecule has 1 aromatic heterocycles. The summed E-state index contributed by atoms with van der Waals surface area (Å²) in [4.78, 5) is 7.11. The molecule has 0 aliphatic carbocycles. The van der Waals surface area contributed by atoms with Gasteiger partial charge in [0.05, 0.1) is 13.2 Å². The van der Waals surface area contributed by atoms with Crippen molar-refractivity contribution in [3.63, 3.8) is 0 Å². The van der Waals surface area contributed by atoms with Crippen LogP contribution in [0.4, 0.5) is 11.6 Å². The van der Waals surface area contributed by atoms with Crippen LogP contribution in [0, 0.1) is 3.57 Å². The zero-order chi connectivity index (χ0) is 14.7. The fourth-order valence-electron chi connectivity index (χ4n) is 2.76. The molecule has 2 fully saturated rings. The van der Waals surface area contributed by atoms with Gasteiger partial charge in [-0.2, -0.15) is 0 Å². The smallest absolute Gasteiger partial charge is 0.132 e. The van der Waals surface area contributed by atoms with E-state index in [9.17, 15) is 0 Å². The summed E-state index contributed by atoms with van der Waals surface area (Å²) < 4.78 is 12.1. The number of nitrogens with one attached hydrogen (secondary N) is 1. The first kappa shape index (κ1) is 15.3. The third-order valence-electron chi connectivity index (χ3n) is 4.14. The third-order valence-corrected chi connectivity index (χ3v) is 4.76. The number of anilines is 2. The summed E-state index contributed by atoms with van der Waals surface area (Å²) in [7, 11) is 0. The summed E-state index contributed by atoms with van der Waals surface area (Å²) in [5.74, 6) is 2.01. The number of hydrogen-bond donors (Lipinski definition) is 1. The molecule has 5 nitrogen and oxygen atoms in total. The van der Waals surface area contributed by atoms with Crippen LogP contribution in [0.25, 0.3) is 0 Å². The molecule has 6 heteroatoms. The molecular weight excluding hydrogens is 381 g/mol. The second-order valence-electron chi connectivity index (χ2n) is 5.93. The summed E-state index contributed by atoms with van der Waals surface area (Å²) >= 11 is 2.36. The van der Waals surface area contributed by atoms with Crippen LogP contribution in [0.3, 0.4) is 0 Å². The molecule has 2 aliphatic rings. The van der Waals surface area contributed by atoms with E-state index in [0.717, 1.165) is 64.0 Å². The minimum absolute atomic E-state index is 0.0813. The lowest BCUT2D eigenvalue weighted by molar-refractivity contribution is 0.0657. The molecule has 2 aliphatic heterocycles. The number of pyridine rings is 1.